The second-order valence-corrected chi connectivity index (χ2v) is 7.41. The third-order valence-electron chi connectivity index (χ3n) is 3.58. The number of benzene rings is 1. The fourth-order valence-electron chi connectivity index (χ4n) is 2.49. The summed E-state index contributed by atoms with van der Waals surface area (Å²) in [4.78, 5) is 24.9. The molecular formula is C14H17NO5S. The Hall–Kier alpha value is -1.89. The summed E-state index contributed by atoms with van der Waals surface area (Å²) in [7, 11) is -3.29. The first-order chi connectivity index (χ1) is 9.80. The quantitative estimate of drug-likeness (QED) is 0.887. The van der Waals surface area contributed by atoms with Gasteiger partial charge in [-0.3, -0.25) is 9.59 Å². The molecule has 1 aromatic carbocycles. The number of rotatable bonds is 3. The average Bonchev–Trinajstić information content (AvgIpc) is 2.37. The van der Waals surface area contributed by atoms with Crippen molar-refractivity contribution in [1.82, 2.24) is 4.90 Å². The molecule has 1 aliphatic heterocycles. The molecule has 1 atom stereocenters. The van der Waals surface area contributed by atoms with Crippen LogP contribution in [0.1, 0.15) is 22.3 Å². The smallest absolute Gasteiger partial charge is 0.305 e. The van der Waals surface area contributed by atoms with Crippen molar-refractivity contribution in [3.05, 3.63) is 35.4 Å². The number of carboxylic acid groups (broad SMARTS) is 1. The Balaban J connectivity index is 2.29. The van der Waals surface area contributed by atoms with Crippen LogP contribution in [-0.2, 0) is 14.6 Å². The number of sulfone groups is 1. The molecule has 0 bridgehead atoms. The maximum Gasteiger partial charge on any atom is 0.305 e. The van der Waals surface area contributed by atoms with E-state index in [2.05, 4.69) is 0 Å². The lowest BCUT2D eigenvalue weighted by molar-refractivity contribution is -0.138. The van der Waals surface area contributed by atoms with E-state index >= 15 is 0 Å². The first kappa shape index (κ1) is 15.5. The number of carbonyl (C=O) groups is 2. The molecule has 1 aliphatic rings. The van der Waals surface area contributed by atoms with Crippen molar-refractivity contribution >= 4 is 21.7 Å². The third-order valence-corrected chi connectivity index (χ3v) is 5.27. The molecule has 2 rings (SSSR count). The molecule has 21 heavy (non-hydrogen) atoms. The summed E-state index contributed by atoms with van der Waals surface area (Å²) in [5.74, 6) is -1.84. The number of carboxylic acids is 1. The van der Waals surface area contributed by atoms with Gasteiger partial charge in [0.05, 0.1) is 24.0 Å². The van der Waals surface area contributed by atoms with Crippen LogP contribution in [0.15, 0.2) is 24.3 Å². The maximum absolute atomic E-state index is 12.6. The molecule has 0 aliphatic carbocycles. The predicted molar refractivity (Wildman–Crippen MR) is 76.9 cm³/mol. The number of hydrogen-bond donors (Lipinski definition) is 1. The fourth-order valence-corrected chi connectivity index (χ4v) is 4.02. The van der Waals surface area contributed by atoms with Gasteiger partial charge in [0.25, 0.3) is 5.91 Å². The predicted octanol–water partition coefficient (Wildman–Crippen LogP) is 0.709. The first-order valence-corrected chi connectivity index (χ1v) is 8.41. The van der Waals surface area contributed by atoms with E-state index in [-0.39, 0.29) is 30.4 Å². The standard InChI is InChI=1S/C14H17NO5S/c1-10-4-2-3-5-12(10)14(18)15-6-7-21(19,20)9-11(15)8-13(16)17/h2-5,11H,6-9H2,1H3,(H,16,17). The maximum atomic E-state index is 12.6. The lowest BCUT2D eigenvalue weighted by Gasteiger charge is -2.35. The summed E-state index contributed by atoms with van der Waals surface area (Å²) in [6, 6.07) is 6.18. The summed E-state index contributed by atoms with van der Waals surface area (Å²) in [5.41, 5.74) is 1.26. The summed E-state index contributed by atoms with van der Waals surface area (Å²) in [6.45, 7) is 1.83. The van der Waals surface area contributed by atoms with Gasteiger partial charge in [-0.2, -0.15) is 0 Å². The van der Waals surface area contributed by atoms with Gasteiger partial charge in [0, 0.05) is 12.1 Å². The number of carbonyl (C=O) groups excluding carboxylic acids is 1. The highest BCUT2D eigenvalue weighted by Gasteiger charge is 2.35. The molecule has 1 heterocycles. The molecule has 0 spiro atoms. The Labute approximate surface area is 123 Å². The number of nitrogens with zero attached hydrogens (tertiary/aromatic N) is 1. The molecule has 1 fully saturated rings. The van der Waals surface area contributed by atoms with Crippen LogP contribution in [0.3, 0.4) is 0 Å². The van der Waals surface area contributed by atoms with E-state index in [9.17, 15) is 18.0 Å². The van der Waals surface area contributed by atoms with Gasteiger partial charge >= 0.3 is 5.97 Å². The van der Waals surface area contributed by atoms with Gasteiger partial charge in [-0.15, -0.1) is 0 Å². The number of aryl methyl sites for hydroxylation is 1. The third kappa shape index (κ3) is 3.60. The lowest BCUT2D eigenvalue weighted by Crippen LogP contribution is -2.52. The van der Waals surface area contributed by atoms with Crippen LogP contribution >= 0.6 is 0 Å². The van der Waals surface area contributed by atoms with Crippen molar-refractivity contribution in [1.29, 1.82) is 0 Å². The molecule has 114 valence electrons. The molecule has 1 N–H and O–H groups in total. The van der Waals surface area contributed by atoms with Crippen LogP contribution in [-0.4, -0.2) is 54.4 Å². The van der Waals surface area contributed by atoms with E-state index in [0.29, 0.717) is 5.56 Å². The SMILES string of the molecule is Cc1ccccc1C(=O)N1CCS(=O)(=O)CC1CC(=O)O. The zero-order chi connectivity index (χ0) is 15.6. The second-order valence-electron chi connectivity index (χ2n) is 5.18. The van der Waals surface area contributed by atoms with E-state index in [1.165, 1.54) is 4.90 Å². The van der Waals surface area contributed by atoms with Crippen molar-refractivity contribution in [3.63, 3.8) is 0 Å². The Morgan fingerprint density at radius 3 is 2.62 bits per heavy atom. The van der Waals surface area contributed by atoms with Crippen LogP contribution in [0.25, 0.3) is 0 Å². The largest absolute Gasteiger partial charge is 0.481 e. The van der Waals surface area contributed by atoms with E-state index in [1.54, 1.807) is 25.1 Å². The molecular weight excluding hydrogens is 294 g/mol. The van der Waals surface area contributed by atoms with Crippen molar-refractivity contribution in [2.45, 2.75) is 19.4 Å². The lowest BCUT2D eigenvalue weighted by atomic mass is 10.1. The number of hydrogen-bond acceptors (Lipinski definition) is 4. The van der Waals surface area contributed by atoms with Gasteiger partial charge in [0.1, 0.15) is 0 Å². The minimum Gasteiger partial charge on any atom is -0.481 e. The second kappa shape index (κ2) is 5.85. The molecule has 1 aromatic rings. The Bertz CT molecular complexity index is 668. The molecule has 0 saturated carbocycles. The van der Waals surface area contributed by atoms with Crippen LogP contribution in [0.4, 0.5) is 0 Å². The van der Waals surface area contributed by atoms with Crippen LogP contribution in [0.5, 0.6) is 0 Å². The van der Waals surface area contributed by atoms with Gasteiger partial charge in [-0.05, 0) is 18.6 Å². The summed E-state index contributed by atoms with van der Waals surface area (Å²) in [6.07, 6.45) is -0.364. The molecule has 7 heteroatoms. The molecule has 1 saturated heterocycles. The average molecular weight is 311 g/mol. The minimum atomic E-state index is -3.29. The molecule has 0 aromatic heterocycles. The fraction of sp³-hybridized carbons (Fsp3) is 0.429. The zero-order valence-corrected chi connectivity index (χ0v) is 12.5. The summed E-state index contributed by atoms with van der Waals surface area (Å²) >= 11 is 0. The van der Waals surface area contributed by atoms with Gasteiger partial charge in [-0.1, -0.05) is 18.2 Å². The van der Waals surface area contributed by atoms with Crippen molar-refractivity contribution in [3.8, 4) is 0 Å². The molecule has 0 radical (unpaired) electrons. The minimum absolute atomic E-state index is 0.0352. The van der Waals surface area contributed by atoms with E-state index in [4.69, 9.17) is 5.11 Å². The van der Waals surface area contributed by atoms with Gasteiger partial charge < -0.3 is 10.0 Å². The number of aliphatic carboxylic acids is 1. The van der Waals surface area contributed by atoms with Crippen LogP contribution in [0.2, 0.25) is 0 Å². The summed E-state index contributed by atoms with van der Waals surface area (Å²) in [5, 5.41) is 8.93. The highest BCUT2D eigenvalue weighted by atomic mass is 32.2. The van der Waals surface area contributed by atoms with Crippen LogP contribution in [0, 0.1) is 6.92 Å². The van der Waals surface area contributed by atoms with Gasteiger partial charge in [-0.25, -0.2) is 8.42 Å². The van der Waals surface area contributed by atoms with Crippen molar-refractivity contribution < 1.29 is 23.1 Å². The van der Waals surface area contributed by atoms with Crippen molar-refractivity contribution in [2.75, 3.05) is 18.1 Å². The zero-order valence-electron chi connectivity index (χ0n) is 11.7. The van der Waals surface area contributed by atoms with E-state index in [0.717, 1.165) is 5.56 Å². The summed E-state index contributed by atoms with van der Waals surface area (Å²) < 4.78 is 23.4. The molecule has 1 amide bonds. The Morgan fingerprint density at radius 2 is 2.00 bits per heavy atom. The first-order valence-electron chi connectivity index (χ1n) is 6.59. The van der Waals surface area contributed by atoms with Crippen LogP contribution < -0.4 is 0 Å². The Morgan fingerprint density at radius 1 is 1.33 bits per heavy atom. The Kier molecular flexibility index (Phi) is 4.32. The number of amides is 1. The molecule has 6 nitrogen and oxygen atoms in total. The topological polar surface area (TPSA) is 91.8 Å². The van der Waals surface area contributed by atoms with E-state index < -0.39 is 21.8 Å². The van der Waals surface area contributed by atoms with Crippen molar-refractivity contribution in [2.24, 2.45) is 0 Å². The normalized spacial score (nSPS) is 21.0. The molecule has 1 unspecified atom stereocenters. The highest BCUT2D eigenvalue weighted by molar-refractivity contribution is 7.91. The van der Waals surface area contributed by atoms with E-state index in [1.807, 2.05) is 6.07 Å². The van der Waals surface area contributed by atoms with Gasteiger partial charge in [0.2, 0.25) is 0 Å². The highest BCUT2D eigenvalue weighted by Crippen LogP contribution is 2.19. The monoisotopic (exact) mass is 311 g/mol. The van der Waals surface area contributed by atoms with Gasteiger partial charge in [0.15, 0.2) is 9.84 Å².